The summed E-state index contributed by atoms with van der Waals surface area (Å²) in [5.74, 6) is -0.500. The number of methoxy groups -OCH3 is 1. The number of carbonyl (C=O) groups excluding carboxylic acids is 1. The van der Waals surface area contributed by atoms with Crippen LogP contribution in [0.3, 0.4) is 0 Å². The Kier molecular flexibility index (Phi) is 3.28. The molecule has 0 amide bonds. The molecule has 0 saturated carbocycles. The second kappa shape index (κ2) is 4.87. The summed E-state index contributed by atoms with van der Waals surface area (Å²) in [4.78, 5) is 22.9. The molecule has 18 heavy (non-hydrogen) atoms. The first-order valence-corrected chi connectivity index (χ1v) is 5.41. The third-order valence-electron chi connectivity index (χ3n) is 2.60. The van der Waals surface area contributed by atoms with E-state index < -0.39 is 11.6 Å². The van der Waals surface area contributed by atoms with Crippen LogP contribution in [0.2, 0.25) is 0 Å². The van der Waals surface area contributed by atoms with Crippen LogP contribution in [0.4, 0.5) is 0 Å². The summed E-state index contributed by atoms with van der Waals surface area (Å²) < 4.78 is 9.70. The lowest BCUT2D eigenvalue weighted by molar-refractivity contribution is -0.134. The molecule has 0 radical (unpaired) electrons. The van der Waals surface area contributed by atoms with Crippen LogP contribution in [-0.2, 0) is 9.53 Å². The van der Waals surface area contributed by atoms with Gasteiger partial charge in [-0.1, -0.05) is 18.2 Å². The van der Waals surface area contributed by atoms with Crippen LogP contribution in [0.15, 0.2) is 45.6 Å². The Hall–Kier alpha value is -2.36. The van der Waals surface area contributed by atoms with E-state index in [1.54, 1.807) is 25.1 Å². The largest absolute Gasteiger partial charge is 0.466 e. The number of para-hydroxylation sites is 1. The highest BCUT2D eigenvalue weighted by Gasteiger charge is 2.08. The molecule has 0 aliphatic heterocycles. The Balaban J connectivity index is 2.58. The van der Waals surface area contributed by atoms with Gasteiger partial charge in [0.15, 0.2) is 0 Å². The summed E-state index contributed by atoms with van der Waals surface area (Å²) in [6.07, 6.45) is 1.26. The number of hydrogen-bond donors (Lipinski definition) is 0. The fraction of sp³-hybridized carbons (Fsp3) is 0.143. The molecular formula is C14H12O4. The molecule has 2 aromatic rings. The molecule has 4 nitrogen and oxygen atoms in total. The summed E-state index contributed by atoms with van der Waals surface area (Å²) in [6, 6.07) is 8.91. The first kappa shape index (κ1) is 12.1. The first-order chi connectivity index (χ1) is 8.61. The van der Waals surface area contributed by atoms with Crippen LogP contribution < -0.4 is 5.63 Å². The maximum Gasteiger partial charge on any atom is 0.343 e. The molecule has 0 unspecified atom stereocenters. The van der Waals surface area contributed by atoms with Gasteiger partial charge < -0.3 is 9.15 Å². The number of hydrogen-bond acceptors (Lipinski definition) is 4. The number of benzene rings is 1. The van der Waals surface area contributed by atoms with Crippen molar-refractivity contribution in [1.82, 2.24) is 0 Å². The monoisotopic (exact) mass is 244 g/mol. The van der Waals surface area contributed by atoms with Crippen molar-refractivity contribution in [3.63, 3.8) is 0 Å². The number of allylic oxidation sites excluding steroid dienone is 1. The van der Waals surface area contributed by atoms with E-state index >= 15 is 0 Å². The lowest BCUT2D eigenvalue weighted by atomic mass is 10.1. The normalized spacial score (nSPS) is 11.6. The minimum Gasteiger partial charge on any atom is -0.466 e. The fourth-order valence-electron chi connectivity index (χ4n) is 1.65. The minimum atomic E-state index is -0.500. The van der Waals surface area contributed by atoms with E-state index in [0.29, 0.717) is 16.7 Å². The van der Waals surface area contributed by atoms with E-state index in [2.05, 4.69) is 4.74 Å². The van der Waals surface area contributed by atoms with Crippen molar-refractivity contribution in [3.05, 3.63) is 52.4 Å². The van der Waals surface area contributed by atoms with Crippen LogP contribution in [-0.4, -0.2) is 13.1 Å². The highest BCUT2D eigenvalue weighted by Crippen LogP contribution is 2.17. The van der Waals surface area contributed by atoms with Gasteiger partial charge >= 0.3 is 11.6 Å². The van der Waals surface area contributed by atoms with E-state index in [0.717, 1.165) is 5.39 Å². The molecule has 1 heterocycles. The number of rotatable bonds is 2. The minimum absolute atomic E-state index is 0.360. The molecule has 1 aromatic carbocycles. The molecule has 1 aromatic heterocycles. The SMILES string of the molecule is COC(=O)/C=C(\C)c1cc2ccccc2oc1=O. The van der Waals surface area contributed by atoms with Gasteiger partial charge in [0, 0.05) is 11.5 Å². The van der Waals surface area contributed by atoms with Gasteiger partial charge in [0.2, 0.25) is 0 Å². The predicted molar refractivity (Wildman–Crippen MR) is 68.2 cm³/mol. The van der Waals surface area contributed by atoms with Crippen molar-refractivity contribution in [2.24, 2.45) is 0 Å². The van der Waals surface area contributed by atoms with Crippen molar-refractivity contribution in [1.29, 1.82) is 0 Å². The molecule has 2 rings (SSSR count). The Labute approximate surface area is 103 Å². The summed E-state index contributed by atoms with van der Waals surface area (Å²) in [7, 11) is 1.29. The van der Waals surface area contributed by atoms with Gasteiger partial charge in [-0.3, -0.25) is 0 Å². The number of ether oxygens (including phenoxy) is 1. The van der Waals surface area contributed by atoms with Crippen molar-refractivity contribution in [2.45, 2.75) is 6.92 Å². The lowest BCUT2D eigenvalue weighted by Crippen LogP contribution is -2.06. The highest BCUT2D eigenvalue weighted by atomic mass is 16.5. The Morgan fingerprint density at radius 1 is 1.33 bits per heavy atom. The molecule has 0 atom stereocenters. The highest BCUT2D eigenvalue weighted by molar-refractivity contribution is 5.91. The van der Waals surface area contributed by atoms with Crippen molar-refractivity contribution >= 4 is 22.5 Å². The Morgan fingerprint density at radius 3 is 2.78 bits per heavy atom. The summed E-state index contributed by atoms with van der Waals surface area (Å²) in [5, 5.41) is 0.810. The third kappa shape index (κ3) is 2.32. The number of fused-ring (bicyclic) bond motifs is 1. The molecule has 92 valence electrons. The van der Waals surface area contributed by atoms with Gasteiger partial charge in [-0.25, -0.2) is 9.59 Å². The average molecular weight is 244 g/mol. The second-order valence-electron chi connectivity index (χ2n) is 3.84. The van der Waals surface area contributed by atoms with E-state index in [9.17, 15) is 9.59 Å². The van der Waals surface area contributed by atoms with Crippen LogP contribution in [0.25, 0.3) is 16.5 Å². The zero-order chi connectivity index (χ0) is 13.1. The van der Waals surface area contributed by atoms with Gasteiger partial charge in [-0.2, -0.15) is 0 Å². The van der Waals surface area contributed by atoms with E-state index in [1.165, 1.54) is 13.2 Å². The zero-order valence-corrected chi connectivity index (χ0v) is 10.1. The van der Waals surface area contributed by atoms with Crippen molar-refractivity contribution < 1.29 is 13.9 Å². The van der Waals surface area contributed by atoms with E-state index in [1.807, 2.05) is 12.1 Å². The smallest absolute Gasteiger partial charge is 0.343 e. The summed E-state index contributed by atoms with van der Waals surface area (Å²) >= 11 is 0. The molecule has 0 saturated heterocycles. The first-order valence-electron chi connectivity index (χ1n) is 5.41. The van der Waals surface area contributed by atoms with E-state index in [4.69, 9.17) is 4.42 Å². The molecule has 0 bridgehead atoms. The van der Waals surface area contributed by atoms with Crippen LogP contribution in [0.5, 0.6) is 0 Å². The van der Waals surface area contributed by atoms with Crippen LogP contribution >= 0.6 is 0 Å². The standard InChI is InChI=1S/C14H12O4/c1-9(7-13(15)17-2)11-8-10-5-3-4-6-12(10)18-14(11)16/h3-8H,1-2H3/b9-7+. The molecular weight excluding hydrogens is 232 g/mol. The van der Waals surface area contributed by atoms with Gasteiger partial charge in [0.05, 0.1) is 12.7 Å². The average Bonchev–Trinajstić information content (AvgIpc) is 2.37. The molecule has 0 N–H and O–H groups in total. The third-order valence-corrected chi connectivity index (χ3v) is 2.60. The topological polar surface area (TPSA) is 56.5 Å². The Bertz CT molecular complexity index is 679. The van der Waals surface area contributed by atoms with Crippen molar-refractivity contribution in [2.75, 3.05) is 7.11 Å². The van der Waals surface area contributed by atoms with Crippen LogP contribution in [0, 0.1) is 0 Å². The second-order valence-corrected chi connectivity index (χ2v) is 3.84. The fourth-order valence-corrected chi connectivity index (χ4v) is 1.65. The number of carbonyl (C=O) groups is 1. The lowest BCUT2D eigenvalue weighted by Gasteiger charge is -2.02. The maximum atomic E-state index is 11.8. The van der Waals surface area contributed by atoms with Gasteiger partial charge in [0.25, 0.3) is 0 Å². The molecule has 0 aliphatic rings. The van der Waals surface area contributed by atoms with Gasteiger partial charge in [0.1, 0.15) is 5.58 Å². The summed E-state index contributed by atoms with van der Waals surface area (Å²) in [5.41, 5.74) is 0.934. The summed E-state index contributed by atoms with van der Waals surface area (Å²) in [6.45, 7) is 1.66. The zero-order valence-electron chi connectivity index (χ0n) is 10.1. The quantitative estimate of drug-likeness (QED) is 0.462. The van der Waals surface area contributed by atoms with Gasteiger partial charge in [-0.15, -0.1) is 0 Å². The number of esters is 1. The van der Waals surface area contributed by atoms with Crippen LogP contribution in [0.1, 0.15) is 12.5 Å². The predicted octanol–water partition coefficient (Wildman–Crippen LogP) is 2.37. The maximum absolute atomic E-state index is 11.8. The molecule has 4 heteroatoms. The van der Waals surface area contributed by atoms with Gasteiger partial charge in [-0.05, 0) is 24.6 Å². The molecule has 0 fully saturated rings. The Morgan fingerprint density at radius 2 is 2.06 bits per heavy atom. The molecule has 0 aliphatic carbocycles. The van der Waals surface area contributed by atoms with E-state index in [-0.39, 0.29) is 0 Å². The van der Waals surface area contributed by atoms with Crippen molar-refractivity contribution in [3.8, 4) is 0 Å². The molecule has 0 spiro atoms.